The van der Waals surface area contributed by atoms with Crippen LogP contribution in [0.15, 0.2) is 24.3 Å². The molecule has 1 aromatic heterocycles. The van der Waals surface area contributed by atoms with E-state index in [1.165, 1.54) is 16.7 Å². The first-order valence-electron chi connectivity index (χ1n) is 8.46. The molecule has 3 rings (SSSR count). The number of fused-ring (bicyclic) bond motifs is 1. The van der Waals surface area contributed by atoms with Crippen LogP contribution in [0, 0.1) is 5.92 Å². The van der Waals surface area contributed by atoms with Gasteiger partial charge in [0.2, 0.25) is 0 Å². The molecule has 0 saturated carbocycles. The molecule has 1 saturated heterocycles. The number of carboxylic acids is 1. The van der Waals surface area contributed by atoms with Gasteiger partial charge >= 0.3 is 12.1 Å². The highest BCUT2D eigenvalue weighted by atomic mass is 19.4. The second kappa shape index (κ2) is 7.22. The van der Waals surface area contributed by atoms with Gasteiger partial charge in [-0.15, -0.1) is 0 Å². The molecular formula is C18H19F3N2O4. The molecule has 1 aliphatic heterocycles. The molecule has 0 radical (unpaired) electrons. The second-order valence-electron chi connectivity index (χ2n) is 6.63. The molecule has 2 atom stereocenters. The molecule has 27 heavy (non-hydrogen) atoms. The van der Waals surface area contributed by atoms with Crippen molar-refractivity contribution in [3.63, 3.8) is 0 Å². The van der Waals surface area contributed by atoms with Gasteiger partial charge in [-0.2, -0.15) is 13.2 Å². The number of rotatable bonds is 4. The first-order valence-corrected chi connectivity index (χ1v) is 8.46. The molecular weight excluding hydrogens is 365 g/mol. The topological polar surface area (TPSA) is 80.6 Å². The fourth-order valence-electron chi connectivity index (χ4n) is 3.37. The van der Waals surface area contributed by atoms with Crippen LogP contribution in [0.2, 0.25) is 0 Å². The fourth-order valence-corrected chi connectivity index (χ4v) is 3.37. The molecule has 2 N–H and O–H groups in total. The average Bonchev–Trinajstić information content (AvgIpc) is 2.95. The van der Waals surface area contributed by atoms with E-state index in [4.69, 9.17) is 4.74 Å². The first kappa shape index (κ1) is 19.2. The normalized spacial score (nSPS) is 19.0. The lowest BCUT2D eigenvalue weighted by molar-refractivity contribution is -0.142. The third-order valence-corrected chi connectivity index (χ3v) is 4.82. The molecule has 1 aliphatic rings. The van der Waals surface area contributed by atoms with Crippen molar-refractivity contribution in [3.8, 4) is 0 Å². The van der Waals surface area contributed by atoms with Crippen molar-refractivity contribution >= 4 is 22.8 Å². The largest absolute Gasteiger partial charge is 0.480 e. The average molecular weight is 384 g/mol. The lowest BCUT2D eigenvalue weighted by atomic mass is 9.93. The van der Waals surface area contributed by atoms with E-state index in [1.54, 1.807) is 7.05 Å². The van der Waals surface area contributed by atoms with Crippen molar-refractivity contribution in [1.82, 2.24) is 9.88 Å². The summed E-state index contributed by atoms with van der Waals surface area (Å²) in [6.07, 6.45) is -3.16. The number of amides is 1. The summed E-state index contributed by atoms with van der Waals surface area (Å²) in [5.41, 5.74) is -0.274. The number of hydrogen-bond acceptors (Lipinski definition) is 3. The van der Waals surface area contributed by atoms with Crippen LogP contribution >= 0.6 is 0 Å². The number of carbonyl (C=O) groups is 2. The fraction of sp³-hybridized carbons (Fsp3) is 0.444. The van der Waals surface area contributed by atoms with Crippen LogP contribution in [0.4, 0.5) is 13.2 Å². The van der Waals surface area contributed by atoms with E-state index in [0.717, 1.165) is 12.1 Å². The lowest BCUT2D eigenvalue weighted by Gasteiger charge is -2.28. The molecule has 6 nitrogen and oxygen atoms in total. The van der Waals surface area contributed by atoms with Crippen LogP contribution < -0.4 is 5.32 Å². The lowest BCUT2D eigenvalue weighted by Crippen LogP contribution is -2.48. The standard InChI is InChI=1S/C18H19F3N2O4/c1-23-13-5-4-12(18(19,20)21)7-11(13)8-14(23)16(24)22-15(17(25)26)10-3-2-6-27-9-10/h4-5,7-8,10,15H,2-3,6,9H2,1H3,(H,22,24)(H,25,26). The van der Waals surface area contributed by atoms with Crippen LogP contribution in [0.3, 0.4) is 0 Å². The number of ether oxygens (including phenoxy) is 1. The van der Waals surface area contributed by atoms with Crippen LogP contribution in [-0.2, 0) is 22.8 Å². The highest BCUT2D eigenvalue weighted by Gasteiger charge is 2.33. The predicted molar refractivity (Wildman–Crippen MR) is 90.4 cm³/mol. The number of aromatic nitrogens is 1. The number of alkyl halides is 3. The summed E-state index contributed by atoms with van der Waals surface area (Å²) in [7, 11) is 1.55. The molecule has 1 aromatic carbocycles. The van der Waals surface area contributed by atoms with Gasteiger partial charge in [0.05, 0.1) is 12.2 Å². The van der Waals surface area contributed by atoms with E-state index in [2.05, 4.69) is 5.32 Å². The summed E-state index contributed by atoms with van der Waals surface area (Å²) in [6, 6.07) is 3.41. The Bertz CT molecular complexity index is 869. The molecule has 2 heterocycles. The van der Waals surface area contributed by atoms with Crippen molar-refractivity contribution < 1.29 is 32.6 Å². The van der Waals surface area contributed by atoms with E-state index in [1.807, 2.05) is 0 Å². The van der Waals surface area contributed by atoms with Gasteiger partial charge in [0, 0.05) is 30.5 Å². The van der Waals surface area contributed by atoms with E-state index >= 15 is 0 Å². The minimum atomic E-state index is -4.48. The van der Waals surface area contributed by atoms with E-state index < -0.39 is 29.7 Å². The van der Waals surface area contributed by atoms with Gasteiger partial charge < -0.3 is 19.7 Å². The summed E-state index contributed by atoms with van der Waals surface area (Å²) in [6.45, 7) is 0.794. The Hall–Kier alpha value is -2.55. The third kappa shape index (κ3) is 3.92. The minimum Gasteiger partial charge on any atom is -0.480 e. The number of benzene rings is 1. The van der Waals surface area contributed by atoms with Gasteiger partial charge in [-0.05, 0) is 37.1 Å². The Balaban J connectivity index is 1.88. The number of nitrogens with one attached hydrogen (secondary N) is 1. The Morgan fingerprint density at radius 3 is 2.67 bits per heavy atom. The highest BCUT2D eigenvalue weighted by Crippen LogP contribution is 2.32. The Morgan fingerprint density at radius 2 is 2.07 bits per heavy atom. The number of carbonyl (C=O) groups excluding carboxylic acids is 1. The number of aryl methyl sites for hydroxylation is 1. The summed E-state index contributed by atoms with van der Waals surface area (Å²) < 4.78 is 45.4. The van der Waals surface area contributed by atoms with Gasteiger partial charge in [0.15, 0.2) is 0 Å². The molecule has 2 aromatic rings. The molecule has 9 heteroatoms. The maximum absolute atomic E-state index is 12.9. The first-order chi connectivity index (χ1) is 12.7. The Labute approximate surface area is 152 Å². The molecule has 0 bridgehead atoms. The van der Waals surface area contributed by atoms with Crippen molar-refractivity contribution in [3.05, 3.63) is 35.5 Å². The number of carboxylic acid groups (broad SMARTS) is 1. The van der Waals surface area contributed by atoms with Gasteiger partial charge in [-0.1, -0.05) is 0 Å². The van der Waals surface area contributed by atoms with Crippen LogP contribution in [-0.4, -0.2) is 40.8 Å². The zero-order valence-electron chi connectivity index (χ0n) is 14.5. The third-order valence-electron chi connectivity index (χ3n) is 4.82. The zero-order valence-corrected chi connectivity index (χ0v) is 14.5. The molecule has 146 valence electrons. The van der Waals surface area contributed by atoms with Crippen molar-refractivity contribution in [2.45, 2.75) is 25.1 Å². The predicted octanol–water partition coefficient (Wildman–Crippen LogP) is 2.81. The number of nitrogens with zero attached hydrogens (tertiary/aromatic N) is 1. The van der Waals surface area contributed by atoms with E-state index in [-0.39, 0.29) is 23.6 Å². The summed E-state index contributed by atoms with van der Waals surface area (Å²) in [4.78, 5) is 24.2. The monoisotopic (exact) mass is 384 g/mol. The highest BCUT2D eigenvalue weighted by molar-refractivity contribution is 6.00. The zero-order chi connectivity index (χ0) is 19.8. The summed E-state index contributed by atoms with van der Waals surface area (Å²) in [5.74, 6) is -2.18. The van der Waals surface area contributed by atoms with Crippen molar-refractivity contribution in [2.75, 3.05) is 13.2 Å². The minimum absolute atomic E-state index is 0.0901. The van der Waals surface area contributed by atoms with E-state index in [0.29, 0.717) is 25.0 Å². The SMILES string of the molecule is Cn1c(C(=O)NC(C(=O)O)C2CCCOC2)cc2cc(C(F)(F)F)ccc21. The maximum Gasteiger partial charge on any atom is 0.416 e. The second-order valence-corrected chi connectivity index (χ2v) is 6.63. The molecule has 1 amide bonds. The van der Waals surface area contributed by atoms with Gasteiger partial charge in [0.1, 0.15) is 11.7 Å². The molecule has 0 spiro atoms. The van der Waals surface area contributed by atoms with E-state index in [9.17, 15) is 27.9 Å². The molecule has 0 aliphatic carbocycles. The Kier molecular flexibility index (Phi) is 5.14. The van der Waals surface area contributed by atoms with Crippen LogP contribution in [0.25, 0.3) is 10.9 Å². The Morgan fingerprint density at radius 1 is 1.33 bits per heavy atom. The van der Waals surface area contributed by atoms with Gasteiger partial charge in [0.25, 0.3) is 5.91 Å². The number of hydrogen-bond donors (Lipinski definition) is 2. The quantitative estimate of drug-likeness (QED) is 0.850. The van der Waals surface area contributed by atoms with Crippen molar-refractivity contribution in [2.24, 2.45) is 13.0 Å². The van der Waals surface area contributed by atoms with Crippen LogP contribution in [0.5, 0.6) is 0 Å². The number of halogens is 3. The van der Waals surface area contributed by atoms with Crippen LogP contribution in [0.1, 0.15) is 28.9 Å². The van der Waals surface area contributed by atoms with Gasteiger partial charge in [-0.3, -0.25) is 4.79 Å². The van der Waals surface area contributed by atoms with Gasteiger partial charge in [-0.25, -0.2) is 4.79 Å². The number of aliphatic carboxylic acids is 1. The smallest absolute Gasteiger partial charge is 0.416 e. The summed E-state index contributed by atoms with van der Waals surface area (Å²) in [5, 5.41) is 12.2. The summed E-state index contributed by atoms with van der Waals surface area (Å²) >= 11 is 0. The maximum atomic E-state index is 12.9. The molecule has 1 fully saturated rings. The van der Waals surface area contributed by atoms with Crippen molar-refractivity contribution in [1.29, 1.82) is 0 Å². The molecule has 2 unspecified atom stereocenters.